The number of carbonyl (C=O) groups is 4. The molecule has 0 unspecified atom stereocenters. The molecule has 0 N–H and O–H groups in total. The van der Waals surface area contributed by atoms with Crippen molar-refractivity contribution in [1.29, 1.82) is 0 Å². The molecule has 174 valence electrons. The average Bonchev–Trinajstić information content (AvgIpc) is 3.66. The molecule has 7 aliphatic rings. The van der Waals surface area contributed by atoms with E-state index >= 15 is 0 Å². The van der Waals surface area contributed by atoms with Gasteiger partial charge < -0.3 is 0 Å². The molecule has 4 amide bonds. The topological polar surface area (TPSA) is 78.0 Å². The monoisotopic (exact) mass is 449 g/mol. The van der Waals surface area contributed by atoms with Crippen molar-refractivity contribution in [3.05, 3.63) is 24.3 Å². The van der Waals surface area contributed by atoms with Crippen LogP contribution in [0.5, 0.6) is 0 Å². The summed E-state index contributed by atoms with van der Waals surface area (Å²) in [7, 11) is 0. The third-order valence-electron chi connectivity index (χ3n) is 9.86. The lowest BCUT2D eigenvalue weighted by atomic mass is 9.85. The summed E-state index contributed by atoms with van der Waals surface area (Å²) >= 11 is 0. The van der Waals surface area contributed by atoms with Gasteiger partial charge in [-0.15, -0.1) is 0 Å². The molecule has 7 nitrogen and oxygen atoms in total. The number of rotatable bonds is 5. The van der Waals surface area contributed by atoms with Crippen molar-refractivity contribution >= 4 is 23.6 Å². The van der Waals surface area contributed by atoms with E-state index in [0.717, 1.165) is 38.5 Å². The molecule has 0 aromatic carbocycles. The van der Waals surface area contributed by atoms with Crippen LogP contribution in [0.3, 0.4) is 0 Å². The SMILES string of the molecule is O=C1[C@@H]2[C@@H](C(=O)N1CN(CN1C(=O)[C@@H]3[C@H](C1=O)[C@H]1C=C[C@H]3C1)C1CCCCC1)[C@H]1C=C[C@H]2C1. The first-order chi connectivity index (χ1) is 16.0. The summed E-state index contributed by atoms with van der Waals surface area (Å²) in [5.41, 5.74) is 0. The van der Waals surface area contributed by atoms with Gasteiger partial charge in [-0.05, 0) is 49.4 Å². The van der Waals surface area contributed by atoms with Crippen LogP contribution in [0.2, 0.25) is 0 Å². The van der Waals surface area contributed by atoms with E-state index < -0.39 is 0 Å². The highest BCUT2D eigenvalue weighted by Crippen LogP contribution is 2.54. The van der Waals surface area contributed by atoms with Crippen molar-refractivity contribution in [2.24, 2.45) is 47.3 Å². The number of fused-ring (bicyclic) bond motifs is 10. The summed E-state index contributed by atoms with van der Waals surface area (Å²) in [5.74, 6) is -0.310. The van der Waals surface area contributed by atoms with Crippen molar-refractivity contribution in [3.63, 3.8) is 0 Å². The van der Waals surface area contributed by atoms with Crippen LogP contribution in [0, 0.1) is 47.3 Å². The molecule has 8 atom stereocenters. The van der Waals surface area contributed by atoms with E-state index in [2.05, 4.69) is 29.2 Å². The molecule has 33 heavy (non-hydrogen) atoms. The number of carbonyl (C=O) groups excluding carboxylic acids is 4. The van der Waals surface area contributed by atoms with Crippen LogP contribution in [-0.4, -0.2) is 57.7 Å². The molecule has 7 heteroatoms. The summed E-state index contributed by atoms with van der Waals surface area (Å²) in [6.07, 6.45) is 15.6. The molecular weight excluding hydrogens is 418 g/mol. The van der Waals surface area contributed by atoms with Crippen LogP contribution >= 0.6 is 0 Å². The fourth-order valence-electron chi connectivity index (χ4n) is 8.29. The van der Waals surface area contributed by atoms with E-state index in [1.807, 2.05) is 0 Å². The Morgan fingerprint density at radius 1 is 0.606 bits per heavy atom. The molecule has 2 heterocycles. The minimum Gasteiger partial charge on any atom is -0.274 e. The second kappa shape index (κ2) is 7.11. The number of likely N-dealkylation sites (tertiary alicyclic amines) is 2. The number of nitrogens with zero attached hydrogens (tertiary/aromatic N) is 3. The summed E-state index contributed by atoms with van der Waals surface area (Å²) in [6.45, 7) is 0.401. The lowest BCUT2D eigenvalue weighted by Gasteiger charge is -2.38. The van der Waals surface area contributed by atoms with Crippen molar-refractivity contribution in [3.8, 4) is 0 Å². The Morgan fingerprint density at radius 2 is 0.970 bits per heavy atom. The molecule has 2 aliphatic heterocycles. The zero-order chi connectivity index (χ0) is 22.4. The Morgan fingerprint density at radius 3 is 1.33 bits per heavy atom. The van der Waals surface area contributed by atoms with Crippen LogP contribution in [0.4, 0.5) is 0 Å². The standard InChI is InChI=1S/C26H31N3O4/c30-23-19-14-6-7-15(10-14)20(19)24(31)28(23)12-27(18-4-2-1-3-5-18)13-29-25(32)21-16-8-9-17(11-16)22(21)26(29)33/h6-9,14-22H,1-5,10-13H2/t14-,15-,16-,17-,19-,20-,21-,22+/m0/s1. The van der Waals surface area contributed by atoms with Gasteiger partial charge in [0.25, 0.3) is 0 Å². The highest BCUT2D eigenvalue weighted by molar-refractivity contribution is 6.07. The van der Waals surface area contributed by atoms with E-state index in [-0.39, 0.29) is 90.4 Å². The Balaban J connectivity index is 1.14. The summed E-state index contributed by atoms with van der Waals surface area (Å²) in [5, 5.41) is 0. The second-order valence-corrected chi connectivity index (χ2v) is 11.4. The van der Waals surface area contributed by atoms with Crippen LogP contribution < -0.4 is 0 Å². The van der Waals surface area contributed by atoms with Gasteiger partial charge in [-0.3, -0.25) is 33.9 Å². The Hall–Kier alpha value is -2.28. The Labute approximate surface area is 193 Å². The minimum absolute atomic E-state index is 0.0548. The average molecular weight is 450 g/mol. The molecular formula is C26H31N3O4. The molecule has 0 aromatic rings. The van der Waals surface area contributed by atoms with Crippen molar-refractivity contribution < 1.29 is 19.2 Å². The number of hydrogen-bond acceptors (Lipinski definition) is 5. The van der Waals surface area contributed by atoms with Gasteiger partial charge in [0.1, 0.15) is 0 Å². The number of hydrogen-bond donors (Lipinski definition) is 0. The molecule has 5 fully saturated rings. The van der Waals surface area contributed by atoms with Gasteiger partial charge in [0.15, 0.2) is 0 Å². The summed E-state index contributed by atoms with van der Waals surface area (Å²) in [6, 6.07) is 0.186. The molecule has 0 spiro atoms. The van der Waals surface area contributed by atoms with Gasteiger partial charge >= 0.3 is 0 Å². The van der Waals surface area contributed by atoms with Gasteiger partial charge in [-0.2, -0.15) is 0 Å². The molecule has 3 saturated carbocycles. The molecule has 2 saturated heterocycles. The predicted octanol–water partition coefficient (Wildman–Crippen LogP) is 2.15. The number of imide groups is 2. The van der Waals surface area contributed by atoms with Gasteiger partial charge in [-0.1, -0.05) is 43.6 Å². The fraction of sp³-hybridized carbons (Fsp3) is 0.692. The molecule has 0 aromatic heterocycles. The third-order valence-corrected chi connectivity index (χ3v) is 9.86. The van der Waals surface area contributed by atoms with Crippen LogP contribution in [-0.2, 0) is 19.2 Å². The maximum atomic E-state index is 13.3. The van der Waals surface area contributed by atoms with Crippen LogP contribution in [0.25, 0.3) is 0 Å². The zero-order valence-electron chi connectivity index (χ0n) is 18.8. The number of allylic oxidation sites excluding steroid dienone is 4. The van der Waals surface area contributed by atoms with Gasteiger partial charge in [0.2, 0.25) is 23.6 Å². The van der Waals surface area contributed by atoms with Gasteiger partial charge in [0, 0.05) is 6.04 Å². The summed E-state index contributed by atoms with van der Waals surface area (Å²) in [4.78, 5) is 58.3. The lowest BCUT2D eigenvalue weighted by Crippen LogP contribution is -2.52. The first-order valence-corrected chi connectivity index (χ1v) is 12.8. The smallest absolute Gasteiger partial charge is 0.234 e. The van der Waals surface area contributed by atoms with Crippen molar-refractivity contribution in [1.82, 2.24) is 14.7 Å². The third kappa shape index (κ3) is 2.71. The van der Waals surface area contributed by atoms with E-state index in [9.17, 15) is 19.2 Å². The van der Waals surface area contributed by atoms with Crippen LogP contribution in [0.15, 0.2) is 24.3 Å². The van der Waals surface area contributed by atoms with Gasteiger partial charge in [-0.25, -0.2) is 0 Å². The molecule has 0 radical (unpaired) electrons. The summed E-state index contributed by atoms with van der Waals surface area (Å²) < 4.78 is 0. The predicted molar refractivity (Wildman–Crippen MR) is 118 cm³/mol. The quantitative estimate of drug-likeness (QED) is 0.475. The highest BCUT2D eigenvalue weighted by atomic mass is 16.2. The Kier molecular flexibility index (Phi) is 4.34. The van der Waals surface area contributed by atoms with Crippen molar-refractivity contribution in [2.75, 3.05) is 13.3 Å². The normalized spacial score (nSPS) is 43.2. The van der Waals surface area contributed by atoms with E-state index in [0.29, 0.717) is 0 Å². The number of amides is 4. The molecule has 5 aliphatic carbocycles. The van der Waals surface area contributed by atoms with E-state index in [1.165, 1.54) is 16.2 Å². The lowest BCUT2D eigenvalue weighted by molar-refractivity contribution is -0.147. The maximum absolute atomic E-state index is 13.3. The van der Waals surface area contributed by atoms with Crippen LogP contribution in [0.1, 0.15) is 44.9 Å². The van der Waals surface area contributed by atoms with E-state index in [4.69, 9.17) is 0 Å². The minimum atomic E-state index is -0.211. The zero-order valence-corrected chi connectivity index (χ0v) is 18.8. The van der Waals surface area contributed by atoms with Gasteiger partial charge in [0.05, 0.1) is 37.0 Å². The highest BCUT2D eigenvalue weighted by Gasteiger charge is 2.61. The first-order valence-electron chi connectivity index (χ1n) is 12.8. The molecule has 7 rings (SSSR count). The first kappa shape index (κ1) is 20.1. The fourth-order valence-corrected chi connectivity index (χ4v) is 8.29. The maximum Gasteiger partial charge on any atom is 0.234 e. The second-order valence-electron chi connectivity index (χ2n) is 11.4. The Bertz CT molecular complexity index is 867. The van der Waals surface area contributed by atoms with E-state index in [1.54, 1.807) is 0 Å². The largest absolute Gasteiger partial charge is 0.274 e. The molecule has 4 bridgehead atoms. The van der Waals surface area contributed by atoms with Crippen molar-refractivity contribution in [2.45, 2.75) is 51.0 Å².